The van der Waals surface area contributed by atoms with Gasteiger partial charge in [0.25, 0.3) is 23.6 Å². The molecular weight excluding hydrogens is 925 g/mol. The highest BCUT2D eigenvalue weighted by atomic mass is 35.5. The molecule has 0 bridgehead atoms. The fourth-order valence-corrected chi connectivity index (χ4v) is 6.62. The predicted octanol–water partition coefficient (Wildman–Crippen LogP) is 12.1. The molecule has 5 aromatic carbocycles. The number of halogens is 6. The number of anilines is 4. The molecule has 0 fully saturated rings. The Bertz CT molecular complexity index is 2530. The third kappa shape index (κ3) is 12.0. The number of ketones is 2. The first-order valence-corrected chi connectivity index (χ1v) is 20.3. The SMILES string of the molecule is CC(=O)C(N=Nc1cc(C(=O)Nc2ccc(Cl)cc2Cl)ccc1Cl)C(=O)Nc1ccc(NC(=O)C(N=Nc2cc(C(=O)Nc3ccc(Cl)cc3Cl)ccc2Cl)C(C)=O)c(C)c1C. The van der Waals surface area contributed by atoms with Crippen molar-refractivity contribution in [2.45, 2.75) is 39.8 Å². The van der Waals surface area contributed by atoms with Crippen LogP contribution >= 0.6 is 69.6 Å². The quantitative estimate of drug-likeness (QED) is 0.0630. The van der Waals surface area contributed by atoms with Gasteiger partial charge >= 0.3 is 0 Å². The first kappa shape index (κ1) is 47.3. The van der Waals surface area contributed by atoms with Crippen LogP contribution in [0.3, 0.4) is 0 Å². The van der Waals surface area contributed by atoms with Crippen LogP contribution in [0.25, 0.3) is 0 Å². The highest BCUT2D eigenvalue weighted by Crippen LogP contribution is 2.32. The van der Waals surface area contributed by atoms with Crippen molar-refractivity contribution in [1.29, 1.82) is 0 Å². The lowest BCUT2D eigenvalue weighted by Gasteiger charge is -2.17. The van der Waals surface area contributed by atoms with Crippen LogP contribution in [-0.2, 0) is 19.2 Å². The lowest BCUT2D eigenvalue weighted by molar-refractivity contribution is -0.127. The van der Waals surface area contributed by atoms with Gasteiger partial charge in [0.05, 0.1) is 31.5 Å². The maximum absolute atomic E-state index is 13.4. The third-order valence-electron chi connectivity index (χ3n) is 8.91. The zero-order valence-corrected chi connectivity index (χ0v) is 37.3. The molecule has 0 saturated heterocycles. The summed E-state index contributed by atoms with van der Waals surface area (Å²) in [5.74, 6) is -4.04. The maximum Gasteiger partial charge on any atom is 0.258 e. The lowest BCUT2D eigenvalue weighted by atomic mass is 10.0. The van der Waals surface area contributed by atoms with E-state index in [0.717, 1.165) is 13.8 Å². The summed E-state index contributed by atoms with van der Waals surface area (Å²) >= 11 is 36.8. The van der Waals surface area contributed by atoms with Gasteiger partial charge < -0.3 is 21.3 Å². The van der Waals surface area contributed by atoms with Gasteiger partial charge in [0, 0.05) is 32.5 Å². The number of carbonyl (C=O) groups excluding carboxylic acids is 6. The first-order chi connectivity index (χ1) is 29.3. The molecule has 0 spiro atoms. The van der Waals surface area contributed by atoms with Crippen molar-refractivity contribution in [2.24, 2.45) is 20.5 Å². The van der Waals surface area contributed by atoms with Crippen LogP contribution in [0.2, 0.25) is 30.1 Å². The van der Waals surface area contributed by atoms with Gasteiger partial charge in [-0.25, -0.2) is 0 Å². The van der Waals surface area contributed by atoms with Crippen molar-refractivity contribution in [1.82, 2.24) is 0 Å². The molecule has 62 heavy (non-hydrogen) atoms. The van der Waals surface area contributed by atoms with Crippen molar-refractivity contribution < 1.29 is 28.8 Å². The van der Waals surface area contributed by atoms with Gasteiger partial charge in [0.15, 0.2) is 11.6 Å². The second-order valence-electron chi connectivity index (χ2n) is 13.3. The molecule has 0 heterocycles. The number of rotatable bonds is 14. The molecule has 0 aliphatic carbocycles. The van der Waals surface area contributed by atoms with E-state index in [1.165, 1.54) is 72.8 Å². The summed E-state index contributed by atoms with van der Waals surface area (Å²) in [7, 11) is 0. The van der Waals surface area contributed by atoms with Gasteiger partial charge in [-0.05, 0) is 124 Å². The smallest absolute Gasteiger partial charge is 0.258 e. The van der Waals surface area contributed by atoms with E-state index in [1.54, 1.807) is 26.0 Å². The van der Waals surface area contributed by atoms with E-state index in [1.807, 2.05) is 0 Å². The van der Waals surface area contributed by atoms with E-state index in [2.05, 4.69) is 41.7 Å². The van der Waals surface area contributed by atoms with Gasteiger partial charge in [-0.15, -0.1) is 0 Å². The second kappa shape index (κ2) is 20.9. The van der Waals surface area contributed by atoms with Crippen molar-refractivity contribution in [2.75, 3.05) is 21.3 Å². The molecule has 2 atom stereocenters. The van der Waals surface area contributed by atoms with Gasteiger partial charge in [-0.2, -0.15) is 20.5 Å². The molecule has 0 saturated carbocycles. The Balaban J connectivity index is 1.27. The highest BCUT2D eigenvalue weighted by Gasteiger charge is 2.27. The molecule has 5 rings (SSSR count). The Kier molecular flexibility index (Phi) is 15.9. The fourth-order valence-electron chi connectivity index (χ4n) is 5.40. The largest absolute Gasteiger partial charge is 0.324 e. The molecule has 20 heteroatoms. The minimum Gasteiger partial charge on any atom is -0.324 e. The Hall–Kier alpha value is -5.74. The summed E-state index contributed by atoms with van der Waals surface area (Å²) in [6, 6.07) is 17.2. The molecule has 5 aromatic rings. The third-order valence-corrected chi connectivity index (χ3v) is 10.6. The van der Waals surface area contributed by atoms with E-state index in [-0.39, 0.29) is 54.0 Å². The summed E-state index contributed by atoms with van der Waals surface area (Å²) in [6.07, 6.45) is 0. The number of nitrogens with zero attached hydrogens (tertiary/aromatic N) is 4. The number of nitrogens with one attached hydrogen (secondary N) is 4. The number of benzene rings is 5. The Morgan fingerprint density at radius 1 is 0.452 bits per heavy atom. The summed E-state index contributed by atoms with van der Waals surface area (Å²) in [4.78, 5) is 77.9. The number of Topliss-reactive ketones (excluding diaryl/α,β-unsaturated/α-hetero) is 2. The molecular formula is C42H32Cl6N8O6. The maximum atomic E-state index is 13.4. The van der Waals surface area contributed by atoms with Gasteiger partial charge in [-0.3, -0.25) is 28.8 Å². The topological polar surface area (TPSA) is 200 Å². The van der Waals surface area contributed by atoms with E-state index in [9.17, 15) is 28.8 Å². The molecule has 0 aliphatic rings. The first-order valence-electron chi connectivity index (χ1n) is 18.0. The lowest BCUT2D eigenvalue weighted by Crippen LogP contribution is -2.33. The molecule has 4 amide bonds. The van der Waals surface area contributed by atoms with Gasteiger partial charge in [0.2, 0.25) is 12.1 Å². The van der Waals surface area contributed by atoms with Gasteiger partial charge in [0.1, 0.15) is 11.4 Å². The van der Waals surface area contributed by atoms with Gasteiger partial charge in [-0.1, -0.05) is 69.6 Å². The highest BCUT2D eigenvalue weighted by molar-refractivity contribution is 6.38. The summed E-state index contributed by atoms with van der Waals surface area (Å²) in [6.45, 7) is 5.63. The molecule has 318 valence electrons. The van der Waals surface area contributed by atoms with Crippen molar-refractivity contribution in [3.8, 4) is 0 Å². The molecule has 2 unspecified atom stereocenters. The minimum atomic E-state index is -1.61. The fraction of sp³-hybridized carbons (Fsp3) is 0.143. The summed E-state index contributed by atoms with van der Waals surface area (Å²) in [5, 5.41) is 28.0. The van der Waals surface area contributed by atoms with Crippen LogP contribution < -0.4 is 21.3 Å². The summed E-state index contributed by atoms with van der Waals surface area (Å²) in [5.41, 5.74) is 2.47. The Morgan fingerprint density at radius 3 is 1.15 bits per heavy atom. The number of carbonyl (C=O) groups is 6. The van der Waals surface area contributed by atoms with E-state index in [0.29, 0.717) is 32.5 Å². The Labute approximate surface area is 384 Å². The second-order valence-corrected chi connectivity index (χ2v) is 15.8. The predicted molar refractivity (Wildman–Crippen MR) is 243 cm³/mol. The average molecular weight is 957 g/mol. The number of amides is 4. The van der Waals surface area contributed by atoms with E-state index in [4.69, 9.17) is 69.6 Å². The minimum absolute atomic E-state index is 0.0103. The van der Waals surface area contributed by atoms with Crippen molar-refractivity contribution in [3.05, 3.63) is 137 Å². The average Bonchev–Trinajstić information content (AvgIpc) is 3.20. The zero-order valence-electron chi connectivity index (χ0n) is 32.7. The molecule has 14 nitrogen and oxygen atoms in total. The van der Waals surface area contributed by atoms with E-state index < -0.39 is 47.3 Å². The van der Waals surface area contributed by atoms with Crippen LogP contribution in [0.5, 0.6) is 0 Å². The summed E-state index contributed by atoms with van der Waals surface area (Å²) < 4.78 is 0. The van der Waals surface area contributed by atoms with Crippen molar-refractivity contribution in [3.63, 3.8) is 0 Å². The van der Waals surface area contributed by atoms with Crippen LogP contribution in [-0.4, -0.2) is 47.3 Å². The molecule has 0 aliphatic heterocycles. The van der Waals surface area contributed by atoms with Crippen LogP contribution in [0, 0.1) is 13.8 Å². The van der Waals surface area contributed by atoms with Crippen LogP contribution in [0.15, 0.2) is 105 Å². The Morgan fingerprint density at radius 2 is 0.806 bits per heavy atom. The van der Waals surface area contributed by atoms with Crippen LogP contribution in [0.4, 0.5) is 34.1 Å². The normalized spacial score (nSPS) is 12.2. The molecule has 0 radical (unpaired) electrons. The van der Waals surface area contributed by atoms with E-state index >= 15 is 0 Å². The number of hydrogen-bond donors (Lipinski definition) is 4. The zero-order chi connectivity index (χ0) is 45.4. The monoisotopic (exact) mass is 954 g/mol. The number of azo groups is 2. The standard InChI is InChI=1S/C42H32Cl6N8O6/c1-19-20(2)32(50-42(62)38(22(4)58)56-54-36-16-24(6-10-28(36)46)40(60)52-34-12-8-26(44)18-30(34)48)14-13-31(19)49-41(61)37(21(3)57)55-53-35-15-23(5-9-27(35)45)39(59)51-33-11-7-25(43)17-29(33)47/h5-18,37-38H,1-4H3,(H,49,61)(H,50,62)(H,51,59)(H,52,60). The van der Waals surface area contributed by atoms with Crippen LogP contribution in [0.1, 0.15) is 45.7 Å². The number of hydrogen-bond acceptors (Lipinski definition) is 10. The molecule has 4 N–H and O–H groups in total. The molecule has 0 aromatic heterocycles. The van der Waals surface area contributed by atoms with Crippen molar-refractivity contribution >= 4 is 139 Å².